The molecule has 2 amide bonds. The lowest BCUT2D eigenvalue weighted by Gasteiger charge is -2.33. The first kappa shape index (κ1) is 20.1. The normalized spacial score (nSPS) is 19.9. The van der Waals surface area contributed by atoms with Crippen molar-refractivity contribution in [1.82, 2.24) is 4.90 Å². The number of para-hydroxylation sites is 1. The van der Waals surface area contributed by atoms with Crippen LogP contribution in [0.1, 0.15) is 21.5 Å². The lowest BCUT2D eigenvalue weighted by Crippen LogP contribution is -2.50. The summed E-state index contributed by atoms with van der Waals surface area (Å²) in [5.74, 6) is -0.0141. The summed E-state index contributed by atoms with van der Waals surface area (Å²) in [5.41, 5.74) is 2.90. The van der Waals surface area contributed by atoms with Crippen molar-refractivity contribution in [2.24, 2.45) is 0 Å². The van der Waals surface area contributed by atoms with E-state index in [4.69, 9.17) is 11.6 Å². The van der Waals surface area contributed by atoms with E-state index in [9.17, 15) is 14.0 Å². The fourth-order valence-corrected chi connectivity index (χ4v) is 5.83. The van der Waals surface area contributed by atoms with Gasteiger partial charge in [-0.1, -0.05) is 41.9 Å². The van der Waals surface area contributed by atoms with Crippen LogP contribution in [0, 0.1) is 5.82 Å². The van der Waals surface area contributed by atoms with Gasteiger partial charge in [0, 0.05) is 28.4 Å². The van der Waals surface area contributed by atoms with E-state index < -0.39 is 4.87 Å². The van der Waals surface area contributed by atoms with E-state index >= 15 is 0 Å². The molecule has 0 saturated carbocycles. The van der Waals surface area contributed by atoms with Crippen LogP contribution in [0.3, 0.4) is 0 Å². The van der Waals surface area contributed by atoms with E-state index in [1.54, 1.807) is 46.2 Å². The van der Waals surface area contributed by atoms with Crippen LogP contribution in [-0.2, 0) is 16.2 Å². The van der Waals surface area contributed by atoms with Crippen LogP contribution in [-0.4, -0.2) is 29.0 Å². The zero-order valence-electron chi connectivity index (χ0n) is 16.4. The van der Waals surface area contributed by atoms with E-state index in [-0.39, 0.29) is 17.6 Å². The fraction of sp³-hybridized carbons (Fsp3) is 0.167. The third kappa shape index (κ3) is 3.22. The second-order valence-electron chi connectivity index (χ2n) is 7.49. The number of halogens is 2. The van der Waals surface area contributed by atoms with Crippen molar-refractivity contribution in [3.63, 3.8) is 0 Å². The van der Waals surface area contributed by atoms with Gasteiger partial charge in [-0.05, 0) is 48.0 Å². The predicted molar refractivity (Wildman–Crippen MR) is 121 cm³/mol. The molecule has 3 aromatic rings. The van der Waals surface area contributed by atoms with Crippen LogP contribution >= 0.6 is 23.4 Å². The van der Waals surface area contributed by atoms with Crippen molar-refractivity contribution in [3.05, 3.63) is 100 Å². The first-order chi connectivity index (χ1) is 15.0. The molecule has 0 aliphatic carbocycles. The van der Waals surface area contributed by atoms with Crippen LogP contribution in [0.15, 0.2) is 72.8 Å². The van der Waals surface area contributed by atoms with Crippen LogP contribution in [0.4, 0.5) is 10.1 Å². The Morgan fingerprint density at radius 3 is 2.48 bits per heavy atom. The molecule has 0 radical (unpaired) electrons. The molecule has 0 unspecified atom stereocenters. The number of fused-ring (bicyclic) bond motifs is 2. The Hall–Kier alpha value is -2.83. The molecule has 1 fully saturated rings. The number of hydrogen-bond donors (Lipinski definition) is 0. The number of benzene rings is 3. The predicted octanol–water partition coefficient (Wildman–Crippen LogP) is 5.07. The van der Waals surface area contributed by atoms with Crippen molar-refractivity contribution in [2.45, 2.75) is 11.4 Å². The lowest BCUT2D eigenvalue weighted by molar-refractivity contribution is -0.123. The Kier molecular flexibility index (Phi) is 4.99. The van der Waals surface area contributed by atoms with Crippen LogP contribution in [0.2, 0.25) is 5.02 Å². The van der Waals surface area contributed by atoms with Crippen LogP contribution < -0.4 is 4.90 Å². The summed E-state index contributed by atoms with van der Waals surface area (Å²) in [7, 11) is 0. The Balaban J connectivity index is 1.56. The number of carbonyl (C=O) groups excluding carboxylic acids is 2. The third-order valence-electron chi connectivity index (χ3n) is 5.69. The van der Waals surface area contributed by atoms with Gasteiger partial charge in [-0.3, -0.25) is 9.59 Å². The van der Waals surface area contributed by atoms with E-state index in [0.29, 0.717) is 29.4 Å². The van der Waals surface area contributed by atoms with Gasteiger partial charge in [0.05, 0.1) is 12.2 Å². The van der Waals surface area contributed by atoms with Crippen molar-refractivity contribution < 1.29 is 14.0 Å². The second kappa shape index (κ2) is 7.70. The van der Waals surface area contributed by atoms with Crippen molar-refractivity contribution in [2.75, 3.05) is 17.2 Å². The molecular formula is C24H18ClFN2O2S. The highest BCUT2D eigenvalue weighted by molar-refractivity contribution is 8.01. The summed E-state index contributed by atoms with van der Waals surface area (Å²) in [4.78, 5) is 29.6. The minimum absolute atomic E-state index is 0.150. The number of carbonyl (C=O) groups is 2. The summed E-state index contributed by atoms with van der Waals surface area (Å²) in [5, 5.41) is 0.551. The molecule has 0 N–H and O–H groups in total. The number of rotatable bonds is 3. The standard InChI is InChI=1S/C24H18ClFN2O2S/c25-18-9-7-17(8-10-18)22(29)28-13-14-31-24(28)20-3-1-2-4-21(20)27(23(24)30)15-16-5-11-19(26)12-6-16/h1-12H,13-15H2/t24-/m0/s1. The van der Waals surface area contributed by atoms with Gasteiger partial charge in [0.15, 0.2) is 4.87 Å². The molecule has 2 aliphatic heterocycles. The molecule has 0 bridgehead atoms. The zero-order valence-corrected chi connectivity index (χ0v) is 18.0. The molecule has 2 aliphatic rings. The Labute approximate surface area is 188 Å². The Bertz CT molecular complexity index is 1170. The molecule has 3 aromatic carbocycles. The maximum absolute atomic E-state index is 13.9. The zero-order chi connectivity index (χ0) is 21.6. The van der Waals surface area contributed by atoms with Crippen LogP contribution in [0.25, 0.3) is 0 Å². The van der Waals surface area contributed by atoms with Crippen molar-refractivity contribution in [3.8, 4) is 0 Å². The average Bonchev–Trinajstić information content (AvgIpc) is 3.33. The Morgan fingerprint density at radius 1 is 1.03 bits per heavy atom. The van der Waals surface area contributed by atoms with E-state index in [2.05, 4.69) is 0 Å². The monoisotopic (exact) mass is 452 g/mol. The maximum atomic E-state index is 13.9. The topological polar surface area (TPSA) is 40.6 Å². The number of hydrogen-bond acceptors (Lipinski definition) is 3. The van der Waals surface area contributed by atoms with E-state index in [1.165, 1.54) is 23.9 Å². The summed E-state index contributed by atoms with van der Waals surface area (Å²) in [6, 6.07) is 20.4. The SMILES string of the molecule is O=C(c1ccc(Cl)cc1)N1CCS[C@@]12C(=O)N(Cc1ccc(F)cc1)c1ccccc12. The van der Waals surface area contributed by atoms with Crippen molar-refractivity contribution >= 4 is 40.9 Å². The summed E-state index contributed by atoms with van der Waals surface area (Å²) >= 11 is 7.46. The van der Waals surface area contributed by atoms with Gasteiger partial charge in [0.2, 0.25) is 0 Å². The number of amides is 2. The minimum Gasteiger partial charge on any atom is -0.311 e. The minimum atomic E-state index is -1.10. The molecule has 4 nitrogen and oxygen atoms in total. The van der Waals surface area contributed by atoms with Gasteiger partial charge in [0.25, 0.3) is 11.8 Å². The van der Waals surface area contributed by atoms with Crippen LogP contribution in [0.5, 0.6) is 0 Å². The number of thioether (sulfide) groups is 1. The molecule has 156 valence electrons. The van der Waals surface area contributed by atoms with Gasteiger partial charge in [-0.25, -0.2) is 4.39 Å². The molecule has 1 spiro atoms. The molecule has 5 rings (SSSR count). The largest absolute Gasteiger partial charge is 0.311 e. The summed E-state index contributed by atoms with van der Waals surface area (Å²) in [6.45, 7) is 0.776. The van der Waals surface area contributed by atoms with E-state index in [1.807, 2.05) is 24.3 Å². The summed E-state index contributed by atoms with van der Waals surface area (Å²) < 4.78 is 13.3. The average molecular weight is 453 g/mol. The first-order valence-electron chi connectivity index (χ1n) is 9.88. The maximum Gasteiger partial charge on any atom is 0.268 e. The molecular weight excluding hydrogens is 435 g/mol. The highest BCUT2D eigenvalue weighted by atomic mass is 35.5. The smallest absolute Gasteiger partial charge is 0.268 e. The van der Waals surface area contributed by atoms with Crippen molar-refractivity contribution in [1.29, 1.82) is 0 Å². The molecule has 1 saturated heterocycles. The quantitative estimate of drug-likeness (QED) is 0.557. The molecule has 0 aromatic heterocycles. The number of nitrogens with zero attached hydrogens (tertiary/aromatic N) is 2. The van der Waals surface area contributed by atoms with E-state index in [0.717, 1.165) is 16.8 Å². The molecule has 31 heavy (non-hydrogen) atoms. The van der Waals surface area contributed by atoms with Gasteiger partial charge in [-0.2, -0.15) is 0 Å². The Morgan fingerprint density at radius 2 is 1.74 bits per heavy atom. The second-order valence-corrected chi connectivity index (χ2v) is 9.22. The highest BCUT2D eigenvalue weighted by Crippen LogP contribution is 2.54. The molecule has 7 heteroatoms. The third-order valence-corrected chi connectivity index (χ3v) is 7.36. The fourth-order valence-electron chi connectivity index (χ4n) is 4.25. The highest BCUT2D eigenvalue weighted by Gasteiger charge is 2.59. The lowest BCUT2D eigenvalue weighted by atomic mass is 10.0. The van der Waals surface area contributed by atoms with Gasteiger partial charge >= 0.3 is 0 Å². The molecule has 1 atom stereocenters. The van der Waals surface area contributed by atoms with Gasteiger partial charge < -0.3 is 9.80 Å². The first-order valence-corrected chi connectivity index (χ1v) is 11.2. The van der Waals surface area contributed by atoms with Gasteiger partial charge in [-0.15, -0.1) is 11.8 Å². The molecule has 2 heterocycles. The summed E-state index contributed by atoms with van der Waals surface area (Å²) in [6.07, 6.45) is 0. The van der Waals surface area contributed by atoms with Gasteiger partial charge in [0.1, 0.15) is 5.82 Å². The number of anilines is 1.